The zero-order chi connectivity index (χ0) is 16.2. The molecule has 3 N–H and O–H groups in total. The minimum absolute atomic E-state index is 0.0893. The summed E-state index contributed by atoms with van der Waals surface area (Å²) in [4.78, 5) is 13.6. The molecular formula is C19H25N2OS+. The van der Waals surface area contributed by atoms with Crippen LogP contribution in [0.5, 0.6) is 0 Å². The molecule has 0 unspecified atom stereocenters. The van der Waals surface area contributed by atoms with Crippen LogP contribution in [0.15, 0.2) is 41.8 Å². The predicted octanol–water partition coefficient (Wildman–Crippen LogP) is 2.63. The van der Waals surface area contributed by atoms with Crippen molar-refractivity contribution in [3.8, 4) is 0 Å². The summed E-state index contributed by atoms with van der Waals surface area (Å²) in [7, 11) is 0. The number of aryl methyl sites for hydroxylation is 1. The van der Waals surface area contributed by atoms with Gasteiger partial charge >= 0.3 is 0 Å². The fourth-order valence-corrected chi connectivity index (χ4v) is 3.57. The Balaban J connectivity index is 1.76. The maximum absolute atomic E-state index is 12.3. The predicted molar refractivity (Wildman–Crippen MR) is 94.5 cm³/mol. The van der Waals surface area contributed by atoms with Crippen molar-refractivity contribution in [1.82, 2.24) is 5.32 Å². The Morgan fingerprint density at radius 3 is 2.61 bits per heavy atom. The van der Waals surface area contributed by atoms with Gasteiger partial charge in [0.2, 0.25) is 0 Å². The first-order valence-corrected chi connectivity index (χ1v) is 9.33. The summed E-state index contributed by atoms with van der Waals surface area (Å²) in [5, 5.41) is 7.39. The molecule has 1 saturated carbocycles. The molecule has 4 heteroatoms. The van der Waals surface area contributed by atoms with Gasteiger partial charge in [0.1, 0.15) is 6.04 Å². The van der Waals surface area contributed by atoms with Crippen LogP contribution < -0.4 is 10.6 Å². The van der Waals surface area contributed by atoms with E-state index in [1.54, 1.807) is 11.3 Å². The van der Waals surface area contributed by atoms with E-state index in [1.165, 1.54) is 16.0 Å². The van der Waals surface area contributed by atoms with Crippen molar-refractivity contribution in [3.63, 3.8) is 0 Å². The molecule has 0 radical (unpaired) electrons. The number of nitrogens with one attached hydrogen (secondary N) is 1. The van der Waals surface area contributed by atoms with Gasteiger partial charge in [0.25, 0.3) is 5.91 Å². The van der Waals surface area contributed by atoms with Crippen molar-refractivity contribution < 1.29 is 10.1 Å². The SMILES string of the molecule is CCc1ccc([C@H]([NH2+][C@@H](C)C(=O)NC2CC2)c2cccs2)cc1. The van der Waals surface area contributed by atoms with Gasteiger partial charge in [-0.1, -0.05) is 37.3 Å². The highest BCUT2D eigenvalue weighted by molar-refractivity contribution is 7.10. The van der Waals surface area contributed by atoms with E-state index >= 15 is 0 Å². The Morgan fingerprint density at radius 2 is 2.04 bits per heavy atom. The molecule has 23 heavy (non-hydrogen) atoms. The summed E-state index contributed by atoms with van der Waals surface area (Å²) in [6, 6.07) is 13.5. The number of carbonyl (C=O) groups is 1. The lowest BCUT2D eigenvalue weighted by molar-refractivity contribution is -0.704. The monoisotopic (exact) mass is 329 g/mol. The highest BCUT2D eigenvalue weighted by Crippen LogP contribution is 2.23. The molecule has 1 heterocycles. The van der Waals surface area contributed by atoms with Gasteiger partial charge in [0.05, 0.1) is 4.88 Å². The molecule has 1 amide bonds. The summed E-state index contributed by atoms with van der Waals surface area (Å²) in [6.45, 7) is 4.17. The number of carbonyl (C=O) groups excluding carboxylic acids is 1. The number of rotatable bonds is 7. The largest absolute Gasteiger partial charge is 0.348 e. The average molecular weight is 329 g/mol. The van der Waals surface area contributed by atoms with Crippen molar-refractivity contribution in [2.75, 3.05) is 0 Å². The van der Waals surface area contributed by atoms with Crippen molar-refractivity contribution in [2.45, 2.75) is 51.2 Å². The van der Waals surface area contributed by atoms with E-state index in [0.717, 1.165) is 19.3 Å². The van der Waals surface area contributed by atoms with Crippen LogP contribution in [0.4, 0.5) is 0 Å². The molecule has 2 aromatic rings. The molecule has 1 aliphatic carbocycles. The molecular weight excluding hydrogens is 304 g/mol. The van der Waals surface area contributed by atoms with Crippen LogP contribution in [0.2, 0.25) is 0 Å². The van der Waals surface area contributed by atoms with Crippen LogP contribution >= 0.6 is 11.3 Å². The first-order chi connectivity index (χ1) is 11.2. The molecule has 0 spiro atoms. The first-order valence-electron chi connectivity index (χ1n) is 8.45. The van der Waals surface area contributed by atoms with Crippen molar-refractivity contribution >= 4 is 17.2 Å². The lowest BCUT2D eigenvalue weighted by Gasteiger charge is -2.19. The van der Waals surface area contributed by atoms with E-state index in [9.17, 15) is 4.79 Å². The number of quaternary nitrogens is 1. The van der Waals surface area contributed by atoms with Crippen molar-refractivity contribution in [3.05, 3.63) is 57.8 Å². The van der Waals surface area contributed by atoms with E-state index in [-0.39, 0.29) is 18.0 Å². The highest BCUT2D eigenvalue weighted by atomic mass is 32.1. The summed E-state index contributed by atoms with van der Waals surface area (Å²) < 4.78 is 0. The molecule has 0 saturated heterocycles. The molecule has 1 fully saturated rings. The molecule has 0 aliphatic heterocycles. The maximum atomic E-state index is 12.3. The van der Waals surface area contributed by atoms with E-state index in [0.29, 0.717) is 6.04 Å². The summed E-state index contributed by atoms with van der Waals surface area (Å²) >= 11 is 1.75. The second kappa shape index (κ2) is 7.28. The van der Waals surface area contributed by atoms with Crippen LogP contribution in [-0.4, -0.2) is 18.0 Å². The molecule has 1 aromatic carbocycles. The van der Waals surface area contributed by atoms with Crippen LogP contribution in [0.3, 0.4) is 0 Å². The summed E-state index contributed by atoms with van der Waals surface area (Å²) in [5.41, 5.74) is 2.61. The lowest BCUT2D eigenvalue weighted by atomic mass is 10.0. The number of amides is 1. The van der Waals surface area contributed by atoms with Gasteiger partial charge in [-0.3, -0.25) is 4.79 Å². The number of hydrogen-bond acceptors (Lipinski definition) is 2. The second-order valence-electron chi connectivity index (χ2n) is 6.35. The third-order valence-electron chi connectivity index (χ3n) is 4.42. The van der Waals surface area contributed by atoms with Crippen LogP contribution in [0.1, 0.15) is 48.7 Å². The first kappa shape index (κ1) is 16.2. The quantitative estimate of drug-likeness (QED) is 0.806. The standard InChI is InChI=1S/C19H24N2OS/c1-3-14-6-8-15(9-7-14)18(17-5-4-12-23-17)20-13(2)19(22)21-16-10-11-16/h4-9,12-13,16,18,20H,3,10-11H2,1-2H3,(H,21,22)/p+1/t13-,18-/m0/s1. The van der Waals surface area contributed by atoms with Gasteiger partial charge in [-0.05, 0) is 43.2 Å². The van der Waals surface area contributed by atoms with Gasteiger partial charge in [-0.2, -0.15) is 0 Å². The minimum Gasteiger partial charge on any atom is -0.348 e. The van der Waals surface area contributed by atoms with E-state index < -0.39 is 0 Å². The Kier molecular flexibility index (Phi) is 5.13. The number of thiophene rings is 1. The molecule has 0 bridgehead atoms. The van der Waals surface area contributed by atoms with E-state index in [1.807, 2.05) is 6.92 Å². The second-order valence-corrected chi connectivity index (χ2v) is 7.33. The van der Waals surface area contributed by atoms with E-state index in [2.05, 4.69) is 59.3 Å². The Morgan fingerprint density at radius 1 is 1.30 bits per heavy atom. The third-order valence-corrected chi connectivity index (χ3v) is 5.37. The fraction of sp³-hybridized carbons (Fsp3) is 0.421. The van der Waals surface area contributed by atoms with Crippen LogP contribution in [0, 0.1) is 0 Å². The molecule has 1 aromatic heterocycles. The molecule has 3 nitrogen and oxygen atoms in total. The van der Waals surface area contributed by atoms with Gasteiger partial charge in [0, 0.05) is 11.6 Å². The highest BCUT2D eigenvalue weighted by Gasteiger charge is 2.29. The Labute approximate surface area is 142 Å². The van der Waals surface area contributed by atoms with Gasteiger partial charge < -0.3 is 10.6 Å². The van der Waals surface area contributed by atoms with Crippen LogP contribution in [0.25, 0.3) is 0 Å². The molecule has 2 atom stereocenters. The summed E-state index contributed by atoms with van der Waals surface area (Å²) in [5.74, 6) is 0.152. The Bertz CT molecular complexity index is 632. The molecule has 122 valence electrons. The zero-order valence-electron chi connectivity index (χ0n) is 13.8. The average Bonchev–Trinajstić information content (AvgIpc) is 3.22. The zero-order valence-corrected chi connectivity index (χ0v) is 14.6. The van der Waals surface area contributed by atoms with Gasteiger partial charge in [-0.25, -0.2) is 0 Å². The van der Waals surface area contributed by atoms with Crippen LogP contribution in [-0.2, 0) is 11.2 Å². The lowest BCUT2D eigenvalue weighted by Crippen LogP contribution is -2.92. The van der Waals surface area contributed by atoms with Gasteiger partial charge in [-0.15, -0.1) is 11.3 Å². The Hall–Kier alpha value is -1.65. The van der Waals surface area contributed by atoms with Crippen molar-refractivity contribution in [2.24, 2.45) is 0 Å². The fourth-order valence-electron chi connectivity index (χ4n) is 2.74. The third kappa shape index (κ3) is 4.21. The number of benzene rings is 1. The minimum atomic E-state index is -0.0893. The summed E-state index contributed by atoms with van der Waals surface area (Å²) in [6.07, 6.45) is 3.31. The molecule has 3 rings (SSSR count). The topological polar surface area (TPSA) is 45.7 Å². The van der Waals surface area contributed by atoms with E-state index in [4.69, 9.17) is 0 Å². The normalized spacial score (nSPS) is 16.8. The number of nitrogens with two attached hydrogens (primary N) is 1. The maximum Gasteiger partial charge on any atom is 0.278 e. The number of hydrogen-bond donors (Lipinski definition) is 2. The smallest absolute Gasteiger partial charge is 0.278 e. The van der Waals surface area contributed by atoms with Crippen molar-refractivity contribution in [1.29, 1.82) is 0 Å². The van der Waals surface area contributed by atoms with Gasteiger partial charge in [0.15, 0.2) is 6.04 Å². The molecule has 1 aliphatic rings.